The van der Waals surface area contributed by atoms with Gasteiger partial charge in [0.1, 0.15) is 4.60 Å². The molecule has 0 atom stereocenters. The summed E-state index contributed by atoms with van der Waals surface area (Å²) in [5.41, 5.74) is 1.72. The molecule has 80 valence electrons. The largest absolute Gasteiger partial charge is 0.380 e. The van der Waals surface area contributed by atoms with Gasteiger partial charge in [0.15, 0.2) is 0 Å². The van der Waals surface area contributed by atoms with Crippen LogP contribution in [-0.2, 0) is 4.74 Å². The monoisotopic (exact) mass is 268 g/mol. The van der Waals surface area contributed by atoms with Crippen LogP contribution in [-0.4, -0.2) is 31.3 Å². The van der Waals surface area contributed by atoms with Crippen molar-refractivity contribution in [2.75, 3.05) is 31.2 Å². The molecule has 2 aliphatic rings. The molecule has 0 bridgehead atoms. The summed E-state index contributed by atoms with van der Waals surface area (Å²) in [6.45, 7) is 4.15. The number of ether oxygens (including phenoxy) is 1. The molecule has 1 spiro atoms. The van der Waals surface area contributed by atoms with E-state index in [0.29, 0.717) is 5.41 Å². The van der Waals surface area contributed by atoms with Crippen molar-refractivity contribution < 1.29 is 4.74 Å². The second-order valence-electron chi connectivity index (χ2n) is 4.50. The lowest BCUT2D eigenvalue weighted by atomic mass is 9.85. The van der Waals surface area contributed by atoms with E-state index in [2.05, 4.69) is 37.9 Å². The van der Waals surface area contributed by atoms with Gasteiger partial charge in [-0.1, -0.05) is 0 Å². The van der Waals surface area contributed by atoms with Crippen LogP contribution in [0.2, 0.25) is 0 Å². The van der Waals surface area contributed by atoms with Crippen molar-refractivity contribution in [2.45, 2.75) is 6.42 Å². The molecule has 4 heteroatoms. The predicted octanol–water partition coefficient (Wildman–Crippen LogP) is 2.07. The molecule has 0 aliphatic carbocycles. The van der Waals surface area contributed by atoms with Crippen LogP contribution in [0.5, 0.6) is 0 Å². The van der Waals surface area contributed by atoms with Crippen molar-refractivity contribution in [2.24, 2.45) is 5.41 Å². The lowest BCUT2D eigenvalue weighted by Gasteiger charge is -2.37. The number of hydrogen-bond acceptors (Lipinski definition) is 3. The summed E-state index contributed by atoms with van der Waals surface area (Å²) < 4.78 is 6.23. The highest BCUT2D eigenvalue weighted by atomic mass is 79.9. The minimum atomic E-state index is 0.454. The number of anilines is 1. The molecule has 0 amide bonds. The average molecular weight is 269 g/mol. The molecule has 2 saturated heterocycles. The number of pyridine rings is 1. The fourth-order valence-corrected chi connectivity index (χ4v) is 2.72. The Hall–Kier alpha value is -0.610. The maximum absolute atomic E-state index is 5.32. The van der Waals surface area contributed by atoms with Gasteiger partial charge in [0.2, 0.25) is 0 Å². The van der Waals surface area contributed by atoms with Gasteiger partial charge in [-0.2, -0.15) is 0 Å². The van der Waals surface area contributed by atoms with E-state index in [1.54, 1.807) is 0 Å². The van der Waals surface area contributed by atoms with Crippen molar-refractivity contribution in [3.63, 3.8) is 0 Å². The van der Waals surface area contributed by atoms with Gasteiger partial charge in [0, 0.05) is 30.4 Å². The van der Waals surface area contributed by atoms with Crippen LogP contribution in [0, 0.1) is 5.41 Å². The van der Waals surface area contributed by atoms with Gasteiger partial charge in [0.25, 0.3) is 0 Å². The van der Waals surface area contributed by atoms with Crippen LogP contribution < -0.4 is 4.90 Å². The molecule has 0 unspecified atom stereocenters. The minimum Gasteiger partial charge on any atom is -0.380 e. The normalized spacial score (nSPS) is 23.1. The summed E-state index contributed by atoms with van der Waals surface area (Å²) in [6, 6.07) is 4.15. The summed E-state index contributed by atoms with van der Waals surface area (Å²) >= 11 is 3.41. The van der Waals surface area contributed by atoms with Gasteiger partial charge >= 0.3 is 0 Å². The van der Waals surface area contributed by atoms with Crippen LogP contribution >= 0.6 is 15.9 Å². The highest BCUT2D eigenvalue weighted by Gasteiger charge is 2.44. The Morgan fingerprint density at radius 1 is 1.47 bits per heavy atom. The predicted molar refractivity (Wildman–Crippen MR) is 62.0 cm³/mol. The molecule has 0 saturated carbocycles. The Kier molecular flexibility index (Phi) is 2.21. The van der Waals surface area contributed by atoms with Gasteiger partial charge in [-0.15, -0.1) is 0 Å². The number of hydrogen-bond donors (Lipinski definition) is 0. The fraction of sp³-hybridized carbons (Fsp3) is 0.545. The number of rotatable bonds is 1. The molecule has 15 heavy (non-hydrogen) atoms. The van der Waals surface area contributed by atoms with Crippen molar-refractivity contribution in [3.05, 3.63) is 22.9 Å². The zero-order valence-corrected chi connectivity index (χ0v) is 10.0. The highest BCUT2D eigenvalue weighted by Crippen LogP contribution is 2.39. The third kappa shape index (κ3) is 1.66. The highest BCUT2D eigenvalue weighted by molar-refractivity contribution is 9.10. The molecule has 2 fully saturated rings. The van der Waals surface area contributed by atoms with Crippen LogP contribution in [0.25, 0.3) is 0 Å². The van der Waals surface area contributed by atoms with E-state index in [9.17, 15) is 0 Å². The zero-order chi connectivity index (χ0) is 10.3. The first-order chi connectivity index (χ1) is 7.27. The fourth-order valence-electron chi connectivity index (χ4n) is 2.37. The summed E-state index contributed by atoms with van der Waals surface area (Å²) in [7, 11) is 0. The molecule has 3 heterocycles. The summed E-state index contributed by atoms with van der Waals surface area (Å²) in [5.74, 6) is 0. The van der Waals surface area contributed by atoms with E-state index < -0.39 is 0 Å². The van der Waals surface area contributed by atoms with Crippen molar-refractivity contribution in [1.82, 2.24) is 4.98 Å². The third-order valence-electron chi connectivity index (χ3n) is 3.33. The van der Waals surface area contributed by atoms with Crippen molar-refractivity contribution in [1.29, 1.82) is 0 Å². The van der Waals surface area contributed by atoms with E-state index in [4.69, 9.17) is 4.74 Å². The van der Waals surface area contributed by atoms with Crippen LogP contribution in [0.1, 0.15) is 6.42 Å². The maximum Gasteiger partial charge on any atom is 0.108 e. The smallest absolute Gasteiger partial charge is 0.108 e. The molecule has 3 nitrogen and oxygen atoms in total. The second-order valence-corrected chi connectivity index (χ2v) is 5.31. The van der Waals surface area contributed by atoms with E-state index in [1.807, 2.05) is 6.20 Å². The maximum atomic E-state index is 5.32. The first-order valence-electron chi connectivity index (χ1n) is 5.22. The molecule has 2 aliphatic heterocycles. The Morgan fingerprint density at radius 3 is 2.93 bits per heavy atom. The Labute approximate surface area is 97.6 Å². The first kappa shape index (κ1) is 9.60. The van der Waals surface area contributed by atoms with E-state index in [-0.39, 0.29) is 0 Å². The number of nitrogens with zero attached hydrogens (tertiary/aromatic N) is 2. The average Bonchev–Trinajstić information content (AvgIpc) is 2.62. The number of halogens is 1. The molecular weight excluding hydrogens is 256 g/mol. The van der Waals surface area contributed by atoms with Gasteiger partial charge in [-0.05, 0) is 34.5 Å². The van der Waals surface area contributed by atoms with Gasteiger partial charge < -0.3 is 9.64 Å². The standard InChI is InChI=1S/C11H13BrN2O/c12-10-5-9(1-3-13-10)14-4-2-11(6-14)7-15-8-11/h1,3,5H,2,4,6-8H2. The first-order valence-corrected chi connectivity index (χ1v) is 6.01. The molecule has 1 aromatic rings. The quantitative estimate of drug-likeness (QED) is 0.730. The second kappa shape index (κ2) is 3.46. The lowest BCUT2D eigenvalue weighted by molar-refractivity contribution is -0.0985. The SMILES string of the molecule is Brc1cc(N2CCC3(COC3)C2)ccn1. The molecule has 0 aromatic carbocycles. The summed E-state index contributed by atoms with van der Waals surface area (Å²) in [4.78, 5) is 6.57. The zero-order valence-electron chi connectivity index (χ0n) is 8.45. The summed E-state index contributed by atoms with van der Waals surface area (Å²) in [5, 5.41) is 0. The summed E-state index contributed by atoms with van der Waals surface area (Å²) in [6.07, 6.45) is 3.11. The van der Waals surface area contributed by atoms with Crippen molar-refractivity contribution in [3.8, 4) is 0 Å². The van der Waals surface area contributed by atoms with Crippen molar-refractivity contribution >= 4 is 21.6 Å². The van der Waals surface area contributed by atoms with Crippen LogP contribution in [0.3, 0.4) is 0 Å². The van der Waals surface area contributed by atoms with Gasteiger partial charge in [0.05, 0.1) is 13.2 Å². The molecule has 3 rings (SSSR count). The third-order valence-corrected chi connectivity index (χ3v) is 3.76. The Balaban J connectivity index is 1.79. The Bertz CT molecular complexity index is 379. The number of aromatic nitrogens is 1. The van der Waals surface area contributed by atoms with Gasteiger partial charge in [-0.3, -0.25) is 0 Å². The van der Waals surface area contributed by atoms with Gasteiger partial charge in [-0.25, -0.2) is 4.98 Å². The molecule has 0 N–H and O–H groups in total. The topological polar surface area (TPSA) is 25.4 Å². The minimum absolute atomic E-state index is 0.454. The van der Waals surface area contributed by atoms with E-state index >= 15 is 0 Å². The lowest BCUT2D eigenvalue weighted by Crippen LogP contribution is -2.44. The van der Waals surface area contributed by atoms with E-state index in [1.165, 1.54) is 12.1 Å². The van der Waals surface area contributed by atoms with Crippen LogP contribution in [0.15, 0.2) is 22.9 Å². The molecular formula is C11H13BrN2O. The molecule has 0 radical (unpaired) electrons. The Morgan fingerprint density at radius 2 is 2.33 bits per heavy atom. The van der Waals surface area contributed by atoms with Crippen LogP contribution in [0.4, 0.5) is 5.69 Å². The van der Waals surface area contributed by atoms with E-state index in [0.717, 1.165) is 30.9 Å². The molecule has 1 aromatic heterocycles.